The number of ketones is 1. The number of carboxylic acids is 1. The molecule has 0 saturated carbocycles. The monoisotopic (exact) mass is 328 g/mol. The lowest BCUT2D eigenvalue weighted by molar-refractivity contribution is -0.274. The minimum atomic E-state index is -4.94. The van der Waals surface area contributed by atoms with Gasteiger partial charge in [-0.25, -0.2) is 9.18 Å². The Morgan fingerprint density at radius 1 is 1.04 bits per heavy atom. The van der Waals surface area contributed by atoms with Crippen LogP contribution in [0.2, 0.25) is 0 Å². The maximum atomic E-state index is 13.6. The highest BCUT2D eigenvalue weighted by atomic mass is 19.4. The van der Waals surface area contributed by atoms with Crippen LogP contribution in [0.1, 0.15) is 26.3 Å². The standard InChI is InChI=1S/C15H8F4O4/c16-11-6-2-5-10(12(11)14(21)22)13(20)8-3-1-4-9(7-8)23-15(17,18)19/h1-7H,(H,21,22). The third-order valence-electron chi connectivity index (χ3n) is 2.80. The number of halogens is 4. The number of hydrogen-bond acceptors (Lipinski definition) is 3. The molecule has 0 atom stereocenters. The molecule has 0 heterocycles. The Morgan fingerprint density at radius 3 is 2.30 bits per heavy atom. The fourth-order valence-corrected chi connectivity index (χ4v) is 1.92. The van der Waals surface area contributed by atoms with Crippen LogP contribution in [0, 0.1) is 5.82 Å². The van der Waals surface area contributed by atoms with E-state index in [2.05, 4.69) is 4.74 Å². The summed E-state index contributed by atoms with van der Waals surface area (Å²) in [4.78, 5) is 23.3. The summed E-state index contributed by atoms with van der Waals surface area (Å²) in [5, 5.41) is 8.98. The maximum absolute atomic E-state index is 13.6. The first-order valence-electron chi connectivity index (χ1n) is 6.11. The van der Waals surface area contributed by atoms with Crippen LogP contribution in [-0.4, -0.2) is 23.2 Å². The van der Waals surface area contributed by atoms with Gasteiger partial charge in [0.15, 0.2) is 5.78 Å². The molecule has 4 nitrogen and oxygen atoms in total. The molecular formula is C15H8F4O4. The second-order valence-electron chi connectivity index (χ2n) is 4.37. The molecule has 0 aromatic heterocycles. The summed E-state index contributed by atoms with van der Waals surface area (Å²) in [7, 11) is 0. The van der Waals surface area contributed by atoms with Crippen LogP contribution >= 0.6 is 0 Å². The van der Waals surface area contributed by atoms with Crippen molar-refractivity contribution in [2.75, 3.05) is 0 Å². The van der Waals surface area contributed by atoms with Crippen LogP contribution in [0.3, 0.4) is 0 Å². The Morgan fingerprint density at radius 2 is 1.70 bits per heavy atom. The van der Waals surface area contributed by atoms with Gasteiger partial charge in [0, 0.05) is 11.1 Å². The lowest BCUT2D eigenvalue weighted by Crippen LogP contribution is -2.17. The first-order chi connectivity index (χ1) is 10.7. The molecule has 0 saturated heterocycles. The van der Waals surface area contributed by atoms with E-state index in [4.69, 9.17) is 5.11 Å². The number of carbonyl (C=O) groups excluding carboxylic acids is 1. The number of benzene rings is 2. The van der Waals surface area contributed by atoms with Crippen molar-refractivity contribution in [2.24, 2.45) is 0 Å². The van der Waals surface area contributed by atoms with Crippen molar-refractivity contribution in [3.05, 3.63) is 65.0 Å². The molecule has 0 fully saturated rings. The number of ether oxygens (including phenoxy) is 1. The number of carboxylic acid groups (broad SMARTS) is 1. The highest BCUT2D eigenvalue weighted by molar-refractivity contribution is 6.14. The zero-order chi connectivity index (χ0) is 17.2. The summed E-state index contributed by atoms with van der Waals surface area (Å²) in [6, 6.07) is 7.15. The van der Waals surface area contributed by atoms with Crippen LogP contribution in [0.25, 0.3) is 0 Å². The minimum absolute atomic E-state index is 0.264. The Labute approximate surface area is 126 Å². The van der Waals surface area contributed by atoms with Crippen molar-refractivity contribution in [3.63, 3.8) is 0 Å². The van der Waals surface area contributed by atoms with Crippen LogP contribution in [0.4, 0.5) is 17.6 Å². The second-order valence-corrected chi connectivity index (χ2v) is 4.37. The van der Waals surface area contributed by atoms with E-state index in [0.717, 1.165) is 36.4 Å². The molecule has 0 aliphatic rings. The molecule has 23 heavy (non-hydrogen) atoms. The van der Waals surface area contributed by atoms with Gasteiger partial charge in [-0.2, -0.15) is 0 Å². The van der Waals surface area contributed by atoms with Gasteiger partial charge in [-0.15, -0.1) is 13.2 Å². The molecule has 0 radical (unpaired) electrons. The van der Waals surface area contributed by atoms with Gasteiger partial charge < -0.3 is 9.84 Å². The van der Waals surface area contributed by atoms with Gasteiger partial charge in [-0.3, -0.25) is 4.79 Å². The Bertz CT molecular complexity index is 768. The molecule has 0 amide bonds. The number of alkyl halides is 3. The van der Waals surface area contributed by atoms with Crippen molar-refractivity contribution in [2.45, 2.75) is 6.36 Å². The molecule has 1 N–H and O–H groups in total. The first kappa shape index (κ1) is 16.5. The summed E-state index contributed by atoms with van der Waals surface area (Å²) < 4.78 is 53.8. The van der Waals surface area contributed by atoms with Gasteiger partial charge in [-0.1, -0.05) is 18.2 Å². The summed E-state index contributed by atoms with van der Waals surface area (Å²) in [6.45, 7) is 0. The van der Waals surface area contributed by atoms with E-state index in [0.29, 0.717) is 0 Å². The van der Waals surface area contributed by atoms with E-state index in [-0.39, 0.29) is 5.56 Å². The van der Waals surface area contributed by atoms with Crippen molar-refractivity contribution in [1.29, 1.82) is 0 Å². The summed E-state index contributed by atoms with van der Waals surface area (Å²) >= 11 is 0. The van der Waals surface area contributed by atoms with E-state index < -0.39 is 40.8 Å². The number of rotatable bonds is 4. The van der Waals surface area contributed by atoms with Gasteiger partial charge in [0.2, 0.25) is 0 Å². The Kier molecular flexibility index (Phi) is 4.35. The average molecular weight is 328 g/mol. The first-order valence-corrected chi connectivity index (χ1v) is 6.11. The Hall–Kier alpha value is -2.90. The van der Waals surface area contributed by atoms with Crippen LogP contribution in [0.15, 0.2) is 42.5 Å². The smallest absolute Gasteiger partial charge is 0.478 e. The summed E-state index contributed by atoms with van der Waals surface area (Å²) in [6.07, 6.45) is -4.94. The SMILES string of the molecule is O=C(c1cccc(OC(F)(F)F)c1)c1cccc(F)c1C(=O)O. The van der Waals surface area contributed by atoms with Crippen molar-refractivity contribution < 1.29 is 37.0 Å². The van der Waals surface area contributed by atoms with Crippen molar-refractivity contribution in [3.8, 4) is 5.75 Å². The largest absolute Gasteiger partial charge is 0.573 e. The predicted molar refractivity (Wildman–Crippen MR) is 69.9 cm³/mol. The average Bonchev–Trinajstić information content (AvgIpc) is 2.44. The molecule has 0 bridgehead atoms. The molecule has 0 aliphatic carbocycles. The van der Waals surface area contributed by atoms with Gasteiger partial charge in [-0.05, 0) is 24.3 Å². The lowest BCUT2D eigenvalue weighted by Gasteiger charge is -2.10. The van der Waals surface area contributed by atoms with Crippen molar-refractivity contribution >= 4 is 11.8 Å². The third kappa shape index (κ3) is 3.85. The molecule has 0 spiro atoms. The fourth-order valence-electron chi connectivity index (χ4n) is 1.92. The molecular weight excluding hydrogens is 320 g/mol. The zero-order valence-corrected chi connectivity index (χ0v) is 11.2. The van der Waals surface area contributed by atoms with E-state index in [9.17, 15) is 27.2 Å². The maximum Gasteiger partial charge on any atom is 0.573 e. The summed E-state index contributed by atoms with van der Waals surface area (Å²) in [5.41, 5.74) is -1.58. The Balaban J connectivity index is 2.44. The van der Waals surface area contributed by atoms with E-state index in [1.165, 1.54) is 6.07 Å². The topological polar surface area (TPSA) is 63.6 Å². The van der Waals surface area contributed by atoms with Crippen LogP contribution in [0.5, 0.6) is 5.75 Å². The molecule has 8 heteroatoms. The van der Waals surface area contributed by atoms with E-state index in [1.54, 1.807) is 0 Å². The van der Waals surface area contributed by atoms with Crippen LogP contribution in [-0.2, 0) is 0 Å². The van der Waals surface area contributed by atoms with Gasteiger partial charge in [0.25, 0.3) is 0 Å². The second kappa shape index (κ2) is 6.07. The fraction of sp³-hybridized carbons (Fsp3) is 0.0667. The molecule has 0 unspecified atom stereocenters. The van der Waals surface area contributed by atoms with Gasteiger partial charge in [0.05, 0.1) is 0 Å². The van der Waals surface area contributed by atoms with Gasteiger partial charge >= 0.3 is 12.3 Å². The molecule has 2 rings (SSSR count). The lowest BCUT2D eigenvalue weighted by atomic mass is 9.98. The highest BCUT2D eigenvalue weighted by Crippen LogP contribution is 2.25. The molecule has 120 valence electrons. The van der Waals surface area contributed by atoms with E-state index >= 15 is 0 Å². The minimum Gasteiger partial charge on any atom is -0.478 e. The van der Waals surface area contributed by atoms with Gasteiger partial charge in [0.1, 0.15) is 17.1 Å². The third-order valence-corrected chi connectivity index (χ3v) is 2.80. The van der Waals surface area contributed by atoms with Crippen LogP contribution < -0.4 is 4.74 Å². The number of hydrogen-bond donors (Lipinski definition) is 1. The predicted octanol–water partition coefficient (Wildman–Crippen LogP) is 3.65. The number of carbonyl (C=O) groups is 2. The normalized spacial score (nSPS) is 11.1. The quantitative estimate of drug-likeness (QED) is 0.687. The zero-order valence-electron chi connectivity index (χ0n) is 11.2. The number of aromatic carboxylic acids is 1. The summed E-state index contributed by atoms with van der Waals surface area (Å²) in [5.74, 6) is -4.36. The molecule has 2 aromatic carbocycles. The van der Waals surface area contributed by atoms with E-state index in [1.807, 2.05) is 0 Å². The van der Waals surface area contributed by atoms with Crippen molar-refractivity contribution in [1.82, 2.24) is 0 Å². The molecule has 2 aromatic rings. The molecule has 0 aliphatic heterocycles. The highest BCUT2D eigenvalue weighted by Gasteiger charge is 2.31.